The summed E-state index contributed by atoms with van der Waals surface area (Å²) in [5.41, 5.74) is 1.38. The van der Waals surface area contributed by atoms with Gasteiger partial charge in [0.15, 0.2) is 5.78 Å². The molecule has 0 N–H and O–H groups in total. The molecule has 2 rings (SSSR count). The van der Waals surface area contributed by atoms with Crippen molar-refractivity contribution >= 4 is 33.0 Å². The first-order chi connectivity index (χ1) is 5.70. The minimum Gasteiger partial charge on any atom is -0.294 e. The molecule has 0 aromatic carbocycles. The van der Waals surface area contributed by atoms with Gasteiger partial charge in [-0.15, -0.1) is 11.3 Å². The molecule has 1 aromatic heterocycles. The molecular weight excluding hydrogens is 236 g/mol. The predicted octanol–water partition coefficient (Wildman–Crippen LogP) is 3.20. The minimum atomic E-state index is 0.182. The zero-order valence-electron chi connectivity index (χ0n) is 6.82. The zero-order chi connectivity index (χ0) is 8.72. The first kappa shape index (κ1) is 8.45. The summed E-state index contributed by atoms with van der Waals surface area (Å²) >= 11 is 5.15. The fourth-order valence-corrected chi connectivity index (χ4v) is 3.86. The third kappa shape index (κ3) is 1.15. The van der Waals surface area contributed by atoms with Gasteiger partial charge in [-0.25, -0.2) is 0 Å². The van der Waals surface area contributed by atoms with Gasteiger partial charge in [0.1, 0.15) is 0 Å². The van der Waals surface area contributed by atoms with E-state index in [1.165, 1.54) is 16.9 Å². The molecule has 0 aliphatic heterocycles. The third-order valence-electron chi connectivity index (χ3n) is 2.18. The second-order valence-corrected chi connectivity index (χ2v) is 4.95. The van der Waals surface area contributed by atoms with Crippen molar-refractivity contribution in [2.24, 2.45) is 0 Å². The van der Waals surface area contributed by atoms with Gasteiger partial charge < -0.3 is 0 Å². The van der Waals surface area contributed by atoms with E-state index in [0.29, 0.717) is 0 Å². The lowest BCUT2D eigenvalue weighted by molar-refractivity contribution is 0.102. The maximum atomic E-state index is 11.2. The van der Waals surface area contributed by atoms with Crippen LogP contribution in [0.25, 0.3) is 0 Å². The van der Waals surface area contributed by atoms with Crippen molar-refractivity contribution in [2.45, 2.75) is 26.2 Å². The number of ketones is 1. The van der Waals surface area contributed by atoms with E-state index in [1.807, 2.05) is 0 Å². The Bertz CT molecular complexity index is 341. The van der Waals surface area contributed by atoms with Crippen LogP contribution in [0.15, 0.2) is 4.47 Å². The van der Waals surface area contributed by atoms with Crippen molar-refractivity contribution < 1.29 is 4.79 Å². The molecule has 0 unspecified atom stereocenters. The smallest absolute Gasteiger partial charge is 0.170 e. The van der Waals surface area contributed by atoms with Crippen LogP contribution in [-0.2, 0) is 12.8 Å². The fraction of sp³-hybridized carbons (Fsp3) is 0.444. The van der Waals surface area contributed by atoms with Crippen LogP contribution in [0.3, 0.4) is 0 Å². The highest BCUT2D eigenvalue weighted by molar-refractivity contribution is 9.10. The standard InChI is InChI=1S/C9H9BrOS/c1-5(11)9-8(10)6-3-2-4-7(6)12-9/h2-4H2,1H3. The number of hydrogen-bond donors (Lipinski definition) is 0. The van der Waals surface area contributed by atoms with Crippen LogP contribution in [-0.4, -0.2) is 5.78 Å². The van der Waals surface area contributed by atoms with Gasteiger partial charge in [-0.1, -0.05) is 0 Å². The Morgan fingerprint density at radius 2 is 2.25 bits per heavy atom. The third-order valence-corrected chi connectivity index (χ3v) is 4.71. The van der Waals surface area contributed by atoms with E-state index < -0.39 is 0 Å². The first-order valence-electron chi connectivity index (χ1n) is 4.01. The van der Waals surface area contributed by atoms with Crippen LogP contribution < -0.4 is 0 Å². The van der Waals surface area contributed by atoms with E-state index in [0.717, 1.165) is 22.2 Å². The normalized spacial score (nSPS) is 14.8. The summed E-state index contributed by atoms with van der Waals surface area (Å²) in [4.78, 5) is 13.5. The number of thiophene rings is 1. The summed E-state index contributed by atoms with van der Waals surface area (Å²) in [7, 11) is 0. The van der Waals surface area contributed by atoms with Crippen LogP contribution in [0, 0.1) is 0 Å². The number of carbonyl (C=O) groups excluding carboxylic acids is 1. The number of halogens is 1. The summed E-state index contributed by atoms with van der Waals surface area (Å²) in [6.07, 6.45) is 3.55. The SMILES string of the molecule is CC(=O)c1sc2c(c1Br)CCC2. The largest absolute Gasteiger partial charge is 0.294 e. The average molecular weight is 245 g/mol. The van der Waals surface area contributed by atoms with Crippen molar-refractivity contribution in [1.82, 2.24) is 0 Å². The molecule has 0 bridgehead atoms. The maximum absolute atomic E-state index is 11.2. The van der Waals surface area contributed by atoms with Crippen molar-refractivity contribution in [1.29, 1.82) is 0 Å². The van der Waals surface area contributed by atoms with Gasteiger partial charge in [-0.3, -0.25) is 4.79 Å². The fourth-order valence-electron chi connectivity index (χ4n) is 1.59. The van der Waals surface area contributed by atoms with Crippen LogP contribution in [0.2, 0.25) is 0 Å². The van der Waals surface area contributed by atoms with Crippen molar-refractivity contribution in [3.63, 3.8) is 0 Å². The van der Waals surface area contributed by atoms with E-state index in [-0.39, 0.29) is 5.78 Å². The highest BCUT2D eigenvalue weighted by Gasteiger charge is 2.21. The molecule has 0 atom stereocenters. The Kier molecular flexibility index (Phi) is 2.09. The van der Waals surface area contributed by atoms with Crippen LogP contribution in [0.4, 0.5) is 0 Å². The Morgan fingerprint density at radius 1 is 1.50 bits per heavy atom. The number of carbonyl (C=O) groups is 1. The molecule has 0 spiro atoms. The van der Waals surface area contributed by atoms with E-state index in [1.54, 1.807) is 18.3 Å². The van der Waals surface area contributed by atoms with E-state index >= 15 is 0 Å². The lowest BCUT2D eigenvalue weighted by atomic mass is 10.2. The monoisotopic (exact) mass is 244 g/mol. The van der Waals surface area contributed by atoms with E-state index in [2.05, 4.69) is 15.9 Å². The van der Waals surface area contributed by atoms with Crippen molar-refractivity contribution in [3.8, 4) is 0 Å². The van der Waals surface area contributed by atoms with Gasteiger partial charge in [0.05, 0.1) is 4.88 Å². The molecular formula is C9H9BrOS. The van der Waals surface area contributed by atoms with Gasteiger partial charge >= 0.3 is 0 Å². The summed E-state index contributed by atoms with van der Waals surface area (Å²) in [5, 5.41) is 0. The molecule has 64 valence electrons. The summed E-state index contributed by atoms with van der Waals surface area (Å²) in [6.45, 7) is 1.63. The Labute approximate surface area is 83.9 Å². The number of hydrogen-bond acceptors (Lipinski definition) is 2. The maximum Gasteiger partial charge on any atom is 0.170 e. The first-order valence-corrected chi connectivity index (χ1v) is 5.62. The van der Waals surface area contributed by atoms with Crippen LogP contribution in [0.5, 0.6) is 0 Å². The molecule has 0 saturated carbocycles. The van der Waals surface area contributed by atoms with Gasteiger partial charge in [0.25, 0.3) is 0 Å². The molecule has 1 aliphatic carbocycles. The Morgan fingerprint density at radius 3 is 2.83 bits per heavy atom. The second-order valence-electron chi connectivity index (χ2n) is 3.06. The molecule has 1 aliphatic rings. The van der Waals surface area contributed by atoms with Gasteiger partial charge in [-0.05, 0) is 47.7 Å². The molecule has 12 heavy (non-hydrogen) atoms. The van der Waals surface area contributed by atoms with Gasteiger partial charge in [-0.2, -0.15) is 0 Å². The molecule has 1 nitrogen and oxygen atoms in total. The van der Waals surface area contributed by atoms with E-state index in [9.17, 15) is 4.79 Å². The molecule has 1 heterocycles. The quantitative estimate of drug-likeness (QED) is 0.694. The molecule has 0 fully saturated rings. The van der Waals surface area contributed by atoms with Crippen LogP contribution in [0.1, 0.15) is 33.5 Å². The zero-order valence-corrected chi connectivity index (χ0v) is 9.22. The van der Waals surface area contributed by atoms with Crippen LogP contribution >= 0.6 is 27.3 Å². The average Bonchev–Trinajstić information content (AvgIpc) is 2.53. The van der Waals surface area contributed by atoms with Crippen molar-refractivity contribution in [2.75, 3.05) is 0 Å². The van der Waals surface area contributed by atoms with Gasteiger partial charge in [0, 0.05) is 9.35 Å². The summed E-state index contributed by atoms with van der Waals surface area (Å²) in [6, 6.07) is 0. The highest BCUT2D eigenvalue weighted by atomic mass is 79.9. The summed E-state index contributed by atoms with van der Waals surface area (Å²) in [5.74, 6) is 0.182. The second kappa shape index (κ2) is 2.96. The van der Waals surface area contributed by atoms with Gasteiger partial charge in [0.2, 0.25) is 0 Å². The molecule has 0 amide bonds. The minimum absolute atomic E-state index is 0.182. The summed E-state index contributed by atoms with van der Waals surface area (Å²) < 4.78 is 1.06. The number of rotatable bonds is 1. The molecule has 0 saturated heterocycles. The molecule has 1 aromatic rings. The highest BCUT2D eigenvalue weighted by Crippen LogP contribution is 2.38. The lowest BCUT2D eigenvalue weighted by Gasteiger charge is -1.92. The molecule has 0 radical (unpaired) electrons. The number of aryl methyl sites for hydroxylation is 1. The van der Waals surface area contributed by atoms with E-state index in [4.69, 9.17) is 0 Å². The molecule has 3 heteroatoms. The Hall–Kier alpha value is -0.150. The predicted molar refractivity (Wildman–Crippen MR) is 54.0 cm³/mol. The number of fused-ring (bicyclic) bond motifs is 1. The number of Topliss-reactive ketones (excluding diaryl/α,β-unsaturated/α-hetero) is 1. The topological polar surface area (TPSA) is 17.1 Å². The van der Waals surface area contributed by atoms with Crippen molar-refractivity contribution in [3.05, 3.63) is 19.8 Å². The Balaban J connectivity index is 2.54. The lowest BCUT2D eigenvalue weighted by Crippen LogP contribution is -1.88.